The molecule has 0 bridgehead atoms. The molecule has 0 radical (unpaired) electrons. The zero-order chi connectivity index (χ0) is 14.4. The van der Waals surface area contributed by atoms with Gasteiger partial charge in [0.15, 0.2) is 0 Å². The van der Waals surface area contributed by atoms with E-state index >= 15 is 0 Å². The van der Waals surface area contributed by atoms with Crippen molar-refractivity contribution in [2.24, 2.45) is 0 Å². The maximum absolute atomic E-state index is 5.75. The molecule has 0 aliphatic heterocycles. The molecule has 0 fully saturated rings. The van der Waals surface area contributed by atoms with E-state index in [1.807, 2.05) is 24.3 Å². The van der Waals surface area contributed by atoms with Gasteiger partial charge in [0.05, 0.1) is 7.11 Å². The van der Waals surface area contributed by atoms with Crippen molar-refractivity contribution in [3.63, 3.8) is 0 Å². The Hall–Kier alpha value is -2.22. The topological polar surface area (TPSA) is 35.2 Å². The minimum atomic E-state index is 0.800. The lowest BCUT2D eigenvalue weighted by Crippen LogP contribution is -1.88. The summed E-state index contributed by atoms with van der Waals surface area (Å²) in [4.78, 5) is 0. The summed E-state index contributed by atoms with van der Waals surface area (Å²) >= 11 is 0. The summed E-state index contributed by atoms with van der Waals surface area (Å²) in [6.07, 6.45) is 4.40. The van der Waals surface area contributed by atoms with Crippen LogP contribution >= 0.6 is 0 Å². The number of allylic oxidation sites excluding steroid dienone is 1. The van der Waals surface area contributed by atoms with Gasteiger partial charge in [-0.2, -0.15) is 0 Å². The van der Waals surface area contributed by atoms with E-state index in [2.05, 4.69) is 37.3 Å². The summed E-state index contributed by atoms with van der Waals surface area (Å²) in [6.45, 7) is 2.19. The third kappa shape index (κ3) is 3.64. The van der Waals surface area contributed by atoms with E-state index in [0.29, 0.717) is 0 Å². The minimum Gasteiger partial charge on any atom is -0.497 e. The Kier molecular flexibility index (Phi) is 4.83. The first kappa shape index (κ1) is 14.2. The van der Waals surface area contributed by atoms with Crippen molar-refractivity contribution in [1.29, 1.82) is 0 Å². The van der Waals surface area contributed by atoms with E-state index in [4.69, 9.17) is 10.5 Å². The van der Waals surface area contributed by atoms with Gasteiger partial charge in [-0.1, -0.05) is 43.7 Å². The van der Waals surface area contributed by atoms with Crippen LogP contribution in [0.4, 0.5) is 5.69 Å². The van der Waals surface area contributed by atoms with Crippen LogP contribution in [-0.2, 0) is 0 Å². The molecule has 0 aliphatic carbocycles. The van der Waals surface area contributed by atoms with E-state index in [1.165, 1.54) is 16.7 Å². The fraction of sp³-hybridized carbons (Fsp3) is 0.222. The zero-order valence-electron chi connectivity index (χ0n) is 12.1. The van der Waals surface area contributed by atoms with Crippen molar-refractivity contribution < 1.29 is 4.74 Å². The van der Waals surface area contributed by atoms with Crippen molar-refractivity contribution in [2.45, 2.75) is 19.8 Å². The molecule has 0 amide bonds. The fourth-order valence-corrected chi connectivity index (χ4v) is 2.17. The van der Waals surface area contributed by atoms with Gasteiger partial charge in [-0.05, 0) is 47.4 Å². The highest BCUT2D eigenvalue weighted by Gasteiger charge is 2.01. The third-order valence-corrected chi connectivity index (χ3v) is 3.26. The Balaban J connectivity index is 2.30. The third-order valence-electron chi connectivity index (χ3n) is 3.26. The van der Waals surface area contributed by atoms with Gasteiger partial charge in [0.1, 0.15) is 5.75 Å². The highest BCUT2D eigenvalue weighted by Crippen LogP contribution is 2.24. The first-order chi connectivity index (χ1) is 9.72. The highest BCUT2D eigenvalue weighted by atomic mass is 16.5. The van der Waals surface area contributed by atoms with Gasteiger partial charge in [-0.15, -0.1) is 0 Å². The summed E-state index contributed by atoms with van der Waals surface area (Å²) in [5, 5.41) is 0. The van der Waals surface area contributed by atoms with Crippen LogP contribution in [0.15, 0.2) is 48.5 Å². The molecule has 104 valence electrons. The summed E-state index contributed by atoms with van der Waals surface area (Å²) in [5.41, 5.74) is 10.3. The van der Waals surface area contributed by atoms with Crippen LogP contribution in [0.25, 0.3) is 11.6 Å². The second-order valence-corrected chi connectivity index (χ2v) is 4.81. The van der Waals surface area contributed by atoms with E-state index in [-0.39, 0.29) is 0 Å². The van der Waals surface area contributed by atoms with Gasteiger partial charge in [0.2, 0.25) is 0 Å². The Morgan fingerprint density at radius 1 is 1.05 bits per heavy atom. The lowest BCUT2D eigenvalue weighted by molar-refractivity contribution is 0.415. The highest BCUT2D eigenvalue weighted by molar-refractivity contribution is 5.81. The molecule has 2 rings (SSSR count). The summed E-state index contributed by atoms with van der Waals surface area (Å²) < 4.78 is 5.18. The van der Waals surface area contributed by atoms with Crippen LogP contribution in [0.5, 0.6) is 5.75 Å². The largest absolute Gasteiger partial charge is 0.497 e. The molecule has 0 saturated heterocycles. The van der Waals surface area contributed by atoms with Crippen molar-refractivity contribution in [3.05, 3.63) is 59.7 Å². The van der Waals surface area contributed by atoms with E-state index < -0.39 is 0 Å². The Bertz CT molecular complexity index is 567. The van der Waals surface area contributed by atoms with Gasteiger partial charge in [-0.25, -0.2) is 0 Å². The number of nitrogens with two attached hydrogens (primary N) is 1. The number of ether oxygens (including phenoxy) is 1. The number of rotatable bonds is 5. The standard InChI is InChI=1S/C18H21NO/c1-3-4-16(15-7-9-17(19)10-8-15)13-14-5-11-18(20-2)12-6-14/h5-13H,3-4,19H2,1-2H3. The Labute approximate surface area is 120 Å². The molecule has 0 saturated carbocycles. The van der Waals surface area contributed by atoms with Gasteiger partial charge in [-0.3, -0.25) is 0 Å². The molecule has 2 aromatic rings. The monoisotopic (exact) mass is 267 g/mol. The van der Waals surface area contributed by atoms with Crippen LogP contribution in [0.2, 0.25) is 0 Å². The molecule has 2 nitrogen and oxygen atoms in total. The van der Waals surface area contributed by atoms with Crippen molar-refractivity contribution in [3.8, 4) is 5.75 Å². The predicted octanol–water partition coefficient (Wildman–Crippen LogP) is 4.62. The van der Waals surface area contributed by atoms with Gasteiger partial charge < -0.3 is 10.5 Å². The van der Waals surface area contributed by atoms with Gasteiger partial charge in [0.25, 0.3) is 0 Å². The maximum atomic E-state index is 5.75. The van der Waals surface area contributed by atoms with Crippen LogP contribution in [0, 0.1) is 0 Å². The Morgan fingerprint density at radius 2 is 1.70 bits per heavy atom. The SMILES string of the molecule is CCCC(=Cc1ccc(OC)cc1)c1ccc(N)cc1. The zero-order valence-corrected chi connectivity index (χ0v) is 12.1. The molecule has 2 N–H and O–H groups in total. The molecule has 20 heavy (non-hydrogen) atoms. The fourth-order valence-electron chi connectivity index (χ4n) is 2.17. The molecule has 0 atom stereocenters. The average molecular weight is 267 g/mol. The van der Waals surface area contributed by atoms with Crippen LogP contribution in [0.1, 0.15) is 30.9 Å². The van der Waals surface area contributed by atoms with Crippen LogP contribution < -0.4 is 10.5 Å². The smallest absolute Gasteiger partial charge is 0.118 e. The summed E-state index contributed by atoms with van der Waals surface area (Å²) in [6, 6.07) is 16.2. The second-order valence-electron chi connectivity index (χ2n) is 4.81. The second kappa shape index (κ2) is 6.80. The van der Waals surface area contributed by atoms with Gasteiger partial charge in [0, 0.05) is 5.69 Å². The number of nitrogen functional groups attached to an aromatic ring is 1. The molecular weight excluding hydrogens is 246 g/mol. The van der Waals surface area contributed by atoms with E-state index in [0.717, 1.165) is 24.3 Å². The quantitative estimate of drug-likeness (QED) is 0.634. The predicted molar refractivity (Wildman–Crippen MR) is 86.6 cm³/mol. The summed E-state index contributed by atoms with van der Waals surface area (Å²) in [7, 11) is 1.68. The normalized spacial score (nSPS) is 11.4. The minimum absolute atomic E-state index is 0.800. The van der Waals surface area contributed by atoms with E-state index in [1.54, 1.807) is 7.11 Å². The molecule has 0 aliphatic rings. The number of anilines is 1. The number of benzene rings is 2. The molecule has 0 spiro atoms. The van der Waals surface area contributed by atoms with Crippen molar-refractivity contribution >= 4 is 17.3 Å². The van der Waals surface area contributed by atoms with Gasteiger partial charge >= 0.3 is 0 Å². The molecule has 0 unspecified atom stereocenters. The number of hydrogen-bond acceptors (Lipinski definition) is 2. The molecule has 2 aromatic carbocycles. The molecule has 2 heteroatoms. The average Bonchev–Trinajstić information content (AvgIpc) is 2.48. The summed E-state index contributed by atoms with van der Waals surface area (Å²) in [5.74, 6) is 0.881. The lowest BCUT2D eigenvalue weighted by Gasteiger charge is -2.08. The number of methoxy groups -OCH3 is 1. The lowest BCUT2D eigenvalue weighted by atomic mass is 9.98. The first-order valence-electron chi connectivity index (χ1n) is 6.93. The van der Waals surface area contributed by atoms with Crippen LogP contribution in [0.3, 0.4) is 0 Å². The molecular formula is C18H21NO. The maximum Gasteiger partial charge on any atom is 0.118 e. The molecule has 0 aromatic heterocycles. The number of hydrogen-bond donors (Lipinski definition) is 1. The first-order valence-corrected chi connectivity index (χ1v) is 6.93. The molecule has 0 heterocycles. The van der Waals surface area contributed by atoms with Crippen molar-refractivity contribution in [2.75, 3.05) is 12.8 Å². The van der Waals surface area contributed by atoms with E-state index in [9.17, 15) is 0 Å². The Morgan fingerprint density at radius 3 is 2.25 bits per heavy atom. The van der Waals surface area contributed by atoms with Crippen molar-refractivity contribution in [1.82, 2.24) is 0 Å². The van der Waals surface area contributed by atoms with Crippen LogP contribution in [-0.4, -0.2) is 7.11 Å².